The third kappa shape index (κ3) is 4.58. The standard InChI is InChI=1S/C8H7F3O4S/c9-8(10,11)3-14-4-16-6-2-1-5(15-6)7(12)13/h1-2H,3-4H2,(H,12,13). The van der Waals surface area contributed by atoms with Gasteiger partial charge in [0.1, 0.15) is 12.5 Å². The maximum absolute atomic E-state index is 11.7. The summed E-state index contributed by atoms with van der Waals surface area (Å²) in [6.07, 6.45) is -4.37. The minimum absolute atomic E-state index is 0.194. The Labute approximate surface area is 92.4 Å². The summed E-state index contributed by atoms with van der Waals surface area (Å²) in [6, 6.07) is 2.57. The SMILES string of the molecule is O=C(O)c1ccc(SCOCC(F)(F)F)o1. The van der Waals surface area contributed by atoms with E-state index >= 15 is 0 Å². The molecule has 0 unspecified atom stereocenters. The van der Waals surface area contributed by atoms with E-state index < -0.39 is 18.8 Å². The lowest BCUT2D eigenvalue weighted by molar-refractivity contribution is -0.168. The number of hydrogen-bond donors (Lipinski definition) is 1. The third-order valence-electron chi connectivity index (χ3n) is 1.34. The molecule has 0 fully saturated rings. The highest BCUT2D eigenvalue weighted by Gasteiger charge is 2.27. The molecule has 16 heavy (non-hydrogen) atoms. The van der Waals surface area contributed by atoms with Gasteiger partial charge >= 0.3 is 12.1 Å². The molecular formula is C8H7F3O4S. The van der Waals surface area contributed by atoms with Crippen molar-refractivity contribution in [1.82, 2.24) is 0 Å². The van der Waals surface area contributed by atoms with E-state index in [4.69, 9.17) is 9.52 Å². The Morgan fingerprint density at radius 2 is 2.19 bits per heavy atom. The number of alkyl halides is 3. The smallest absolute Gasteiger partial charge is 0.411 e. The predicted octanol–water partition coefficient (Wildman–Crippen LogP) is 2.61. The van der Waals surface area contributed by atoms with E-state index in [-0.39, 0.29) is 16.8 Å². The highest BCUT2D eigenvalue weighted by Crippen LogP contribution is 2.22. The van der Waals surface area contributed by atoms with Gasteiger partial charge in [-0.2, -0.15) is 13.2 Å². The van der Waals surface area contributed by atoms with Gasteiger partial charge in [0, 0.05) is 0 Å². The van der Waals surface area contributed by atoms with Crippen LogP contribution in [0.3, 0.4) is 0 Å². The van der Waals surface area contributed by atoms with Crippen LogP contribution in [0.4, 0.5) is 13.2 Å². The summed E-state index contributed by atoms with van der Waals surface area (Å²) in [6.45, 7) is -1.34. The molecule has 1 heterocycles. The van der Waals surface area contributed by atoms with Crippen molar-refractivity contribution in [2.24, 2.45) is 0 Å². The van der Waals surface area contributed by atoms with Crippen molar-refractivity contribution in [3.8, 4) is 0 Å². The van der Waals surface area contributed by atoms with Crippen molar-refractivity contribution in [2.45, 2.75) is 11.3 Å². The number of carboxylic acid groups (broad SMARTS) is 1. The first-order valence-corrected chi connectivity index (χ1v) is 4.97. The lowest BCUT2D eigenvalue weighted by Crippen LogP contribution is -2.16. The maximum Gasteiger partial charge on any atom is 0.411 e. The quantitative estimate of drug-likeness (QED) is 0.498. The summed E-state index contributed by atoms with van der Waals surface area (Å²) >= 11 is 0.847. The Bertz CT molecular complexity index is 360. The molecule has 0 saturated heterocycles. The number of hydrogen-bond acceptors (Lipinski definition) is 4. The fourth-order valence-electron chi connectivity index (χ4n) is 0.770. The summed E-state index contributed by atoms with van der Waals surface area (Å²) in [7, 11) is 0. The van der Waals surface area contributed by atoms with Crippen LogP contribution in [0.1, 0.15) is 10.6 Å². The molecule has 0 aromatic carbocycles. The zero-order chi connectivity index (χ0) is 12.2. The lowest BCUT2D eigenvalue weighted by Gasteiger charge is -2.05. The number of carbonyl (C=O) groups is 1. The average Bonchev–Trinajstić information content (AvgIpc) is 2.59. The van der Waals surface area contributed by atoms with Crippen molar-refractivity contribution in [1.29, 1.82) is 0 Å². The van der Waals surface area contributed by atoms with E-state index in [9.17, 15) is 18.0 Å². The van der Waals surface area contributed by atoms with E-state index in [0.29, 0.717) is 0 Å². The van der Waals surface area contributed by atoms with Crippen molar-refractivity contribution in [2.75, 3.05) is 12.5 Å². The van der Waals surface area contributed by atoms with E-state index in [1.54, 1.807) is 0 Å². The number of furan rings is 1. The third-order valence-corrected chi connectivity index (χ3v) is 2.13. The van der Waals surface area contributed by atoms with Gasteiger partial charge in [-0.3, -0.25) is 0 Å². The Balaban J connectivity index is 2.30. The zero-order valence-corrected chi connectivity index (χ0v) is 8.60. The Kier molecular flexibility index (Phi) is 4.25. The minimum atomic E-state index is -4.37. The molecule has 4 nitrogen and oxygen atoms in total. The number of rotatable bonds is 5. The molecule has 0 aliphatic carbocycles. The van der Waals surface area contributed by atoms with Crippen LogP contribution in [0.15, 0.2) is 21.6 Å². The van der Waals surface area contributed by atoms with Crippen LogP contribution >= 0.6 is 11.8 Å². The summed E-state index contributed by atoms with van der Waals surface area (Å²) in [4.78, 5) is 10.4. The van der Waals surface area contributed by atoms with Crippen LogP contribution in [-0.2, 0) is 4.74 Å². The molecule has 8 heteroatoms. The number of aromatic carboxylic acids is 1. The first-order valence-electron chi connectivity index (χ1n) is 3.99. The van der Waals surface area contributed by atoms with Crippen molar-refractivity contribution >= 4 is 17.7 Å². The molecule has 0 aliphatic rings. The molecule has 0 atom stereocenters. The average molecular weight is 256 g/mol. The second-order valence-corrected chi connectivity index (χ2v) is 3.58. The van der Waals surface area contributed by atoms with Crippen LogP contribution in [0.25, 0.3) is 0 Å². The summed E-state index contributed by atoms with van der Waals surface area (Å²) in [5, 5.41) is 8.69. The van der Waals surface area contributed by atoms with E-state index in [2.05, 4.69) is 4.74 Å². The highest BCUT2D eigenvalue weighted by atomic mass is 32.2. The molecule has 1 aromatic heterocycles. The molecule has 1 aromatic rings. The predicted molar refractivity (Wildman–Crippen MR) is 48.4 cm³/mol. The largest absolute Gasteiger partial charge is 0.475 e. The minimum Gasteiger partial charge on any atom is -0.475 e. The summed E-state index contributed by atoms with van der Waals surface area (Å²) in [5.74, 6) is -1.76. The van der Waals surface area contributed by atoms with Gasteiger partial charge < -0.3 is 14.3 Å². The molecule has 90 valence electrons. The van der Waals surface area contributed by atoms with Gasteiger partial charge in [-0.15, -0.1) is 0 Å². The highest BCUT2D eigenvalue weighted by molar-refractivity contribution is 7.99. The van der Waals surface area contributed by atoms with E-state index in [0.717, 1.165) is 11.8 Å². The van der Waals surface area contributed by atoms with Crippen molar-refractivity contribution < 1.29 is 32.2 Å². The van der Waals surface area contributed by atoms with Crippen LogP contribution < -0.4 is 0 Å². The maximum atomic E-state index is 11.7. The number of thioether (sulfide) groups is 1. The molecule has 1 N–H and O–H groups in total. The van der Waals surface area contributed by atoms with Gasteiger partial charge in [-0.25, -0.2) is 4.79 Å². The van der Waals surface area contributed by atoms with Gasteiger partial charge in [0.25, 0.3) is 0 Å². The van der Waals surface area contributed by atoms with E-state index in [1.165, 1.54) is 12.1 Å². The molecule has 0 aliphatic heterocycles. The summed E-state index contributed by atoms with van der Waals surface area (Å²) in [5.41, 5.74) is 0. The first kappa shape index (κ1) is 12.9. The number of carboxylic acids is 1. The fraction of sp³-hybridized carbons (Fsp3) is 0.375. The second kappa shape index (κ2) is 5.26. The molecule has 1 rings (SSSR count). The van der Waals surface area contributed by atoms with Gasteiger partial charge in [-0.1, -0.05) is 11.8 Å². The molecule has 0 amide bonds. The number of halogens is 3. The van der Waals surface area contributed by atoms with Crippen LogP contribution in [0.5, 0.6) is 0 Å². The topological polar surface area (TPSA) is 59.7 Å². The van der Waals surface area contributed by atoms with Crippen LogP contribution in [-0.4, -0.2) is 29.8 Å². The first-order chi connectivity index (χ1) is 7.38. The molecular weight excluding hydrogens is 249 g/mol. The van der Waals surface area contributed by atoms with Crippen molar-refractivity contribution in [3.05, 3.63) is 17.9 Å². The van der Waals surface area contributed by atoms with Gasteiger partial charge in [0.15, 0.2) is 5.09 Å². The van der Waals surface area contributed by atoms with Crippen LogP contribution in [0.2, 0.25) is 0 Å². The lowest BCUT2D eigenvalue weighted by atomic mass is 10.5. The molecule has 0 bridgehead atoms. The van der Waals surface area contributed by atoms with Gasteiger partial charge in [0.05, 0.1) is 0 Å². The van der Waals surface area contributed by atoms with Crippen molar-refractivity contribution in [3.63, 3.8) is 0 Å². The summed E-state index contributed by atoms with van der Waals surface area (Å²) < 4.78 is 44.0. The monoisotopic (exact) mass is 256 g/mol. The zero-order valence-electron chi connectivity index (χ0n) is 7.78. The van der Waals surface area contributed by atoms with Crippen LogP contribution in [0, 0.1) is 0 Å². The van der Waals surface area contributed by atoms with Gasteiger partial charge in [0.2, 0.25) is 5.76 Å². The fourth-order valence-corrected chi connectivity index (χ4v) is 1.37. The molecule has 0 saturated carbocycles. The Morgan fingerprint density at radius 1 is 1.50 bits per heavy atom. The Hall–Kier alpha value is -1.15. The molecule has 0 radical (unpaired) electrons. The normalized spacial score (nSPS) is 11.7. The number of ether oxygens (including phenoxy) is 1. The Morgan fingerprint density at radius 3 is 2.69 bits per heavy atom. The van der Waals surface area contributed by atoms with E-state index in [1.807, 2.05) is 0 Å². The second-order valence-electron chi connectivity index (χ2n) is 2.65. The molecule has 0 spiro atoms. The van der Waals surface area contributed by atoms with Gasteiger partial charge in [-0.05, 0) is 12.1 Å².